The molecule has 23 heavy (non-hydrogen) atoms. The Balaban J connectivity index is 1.81. The van der Waals surface area contributed by atoms with E-state index in [4.69, 9.17) is 16.3 Å². The Morgan fingerprint density at radius 3 is 2.78 bits per heavy atom. The fraction of sp³-hybridized carbons (Fsp3) is 0.294. The minimum Gasteiger partial charge on any atom is -0.495 e. The minimum absolute atomic E-state index is 0.237. The molecule has 0 spiro atoms. The van der Waals surface area contributed by atoms with Gasteiger partial charge in [-0.05, 0) is 37.1 Å². The SMILES string of the molecule is COc1ccc(Cl)cc1NC(=O)c1cncc(N2CCCC2)c1. The Kier molecular flexibility index (Phi) is 4.67. The number of aromatic nitrogens is 1. The number of anilines is 2. The lowest BCUT2D eigenvalue weighted by Crippen LogP contribution is -2.19. The van der Waals surface area contributed by atoms with Crippen LogP contribution in [0.25, 0.3) is 0 Å². The summed E-state index contributed by atoms with van der Waals surface area (Å²) in [6, 6.07) is 6.96. The molecule has 0 bridgehead atoms. The highest BCUT2D eigenvalue weighted by atomic mass is 35.5. The van der Waals surface area contributed by atoms with Crippen molar-refractivity contribution in [2.75, 3.05) is 30.4 Å². The second-order valence-electron chi connectivity index (χ2n) is 5.42. The van der Waals surface area contributed by atoms with Gasteiger partial charge in [0.15, 0.2) is 0 Å². The van der Waals surface area contributed by atoms with Crippen molar-refractivity contribution in [2.24, 2.45) is 0 Å². The molecule has 6 heteroatoms. The van der Waals surface area contributed by atoms with Crippen LogP contribution in [0.3, 0.4) is 0 Å². The summed E-state index contributed by atoms with van der Waals surface area (Å²) in [7, 11) is 1.55. The molecule has 1 aromatic carbocycles. The monoisotopic (exact) mass is 331 g/mol. The number of benzene rings is 1. The Labute approximate surface area is 140 Å². The molecule has 5 nitrogen and oxygen atoms in total. The molecule has 1 aromatic heterocycles. The summed E-state index contributed by atoms with van der Waals surface area (Å²) in [5.41, 5.74) is 2.03. The van der Waals surface area contributed by atoms with Crippen molar-refractivity contribution >= 4 is 28.9 Å². The van der Waals surface area contributed by atoms with Gasteiger partial charge in [-0.1, -0.05) is 11.6 Å². The minimum atomic E-state index is -0.237. The molecule has 1 aliphatic heterocycles. The number of carbonyl (C=O) groups excluding carboxylic acids is 1. The summed E-state index contributed by atoms with van der Waals surface area (Å²) >= 11 is 5.99. The summed E-state index contributed by atoms with van der Waals surface area (Å²) in [4.78, 5) is 18.9. The number of ether oxygens (including phenoxy) is 1. The number of nitrogens with zero attached hydrogens (tertiary/aromatic N) is 2. The quantitative estimate of drug-likeness (QED) is 0.930. The van der Waals surface area contributed by atoms with Crippen LogP contribution >= 0.6 is 11.6 Å². The number of methoxy groups -OCH3 is 1. The predicted molar refractivity (Wildman–Crippen MR) is 91.6 cm³/mol. The van der Waals surface area contributed by atoms with Crippen LogP contribution in [0.5, 0.6) is 5.75 Å². The zero-order valence-corrected chi connectivity index (χ0v) is 13.6. The molecule has 2 aromatic rings. The van der Waals surface area contributed by atoms with E-state index in [1.165, 1.54) is 12.8 Å². The first-order valence-electron chi connectivity index (χ1n) is 7.52. The first-order chi connectivity index (χ1) is 11.2. The number of carbonyl (C=O) groups is 1. The van der Waals surface area contributed by atoms with E-state index >= 15 is 0 Å². The zero-order valence-electron chi connectivity index (χ0n) is 12.9. The maximum absolute atomic E-state index is 12.5. The lowest BCUT2D eigenvalue weighted by molar-refractivity contribution is 0.102. The first kappa shape index (κ1) is 15.6. The normalized spacial score (nSPS) is 13.9. The van der Waals surface area contributed by atoms with Crippen LogP contribution < -0.4 is 15.0 Å². The van der Waals surface area contributed by atoms with Crippen molar-refractivity contribution in [1.29, 1.82) is 0 Å². The molecule has 0 atom stereocenters. The summed E-state index contributed by atoms with van der Waals surface area (Å²) in [5, 5.41) is 3.36. The molecule has 0 aliphatic carbocycles. The van der Waals surface area contributed by atoms with Crippen LogP contribution in [0.2, 0.25) is 5.02 Å². The van der Waals surface area contributed by atoms with Crippen molar-refractivity contribution in [3.63, 3.8) is 0 Å². The third kappa shape index (κ3) is 3.56. The molecule has 1 N–H and O–H groups in total. The van der Waals surface area contributed by atoms with E-state index in [-0.39, 0.29) is 5.91 Å². The highest BCUT2D eigenvalue weighted by molar-refractivity contribution is 6.31. The molecule has 1 aliphatic rings. The number of nitrogens with one attached hydrogen (secondary N) is 1. The standard InChI is InChI=1S/C17H18ClN3O2/c1-23-16-5-4-13(18)9-15(16)20-17(22)12-8-14(11-19-10-12)21-6-2-3-7-21/h4-5,8-11H,2-3,6-7H2,1H3,(H,20,22). The molecular weight excluding hydrogens is 314 g/mol. The number of rotatable bonds is 4. The third-order valence-corrected chi connectivity index (χ3v) is 4.10. The number of hydrogen-bond acceptors (Lipinski definition) is 4. The van der Waals surface area contributed by atoms with E-state index in [0.717, 1.165) is 18.8 Å². The molecule has 2 heterocycles. The Morgan fingerprint density at radius 2 is 2.04 bits per heavy atom. The van der Waals surface area contributed by atoms with Crippen LogP contribution in [0.15, 0.2) is 36.7 Å². The van der Waals surface area contributed by atoms with E-state index < -0.39 is 0 Å². The molecule has 1 saturated heterocycles. The fourth-order valence-corrected chi connectivity index (χ4v) is 2.84. The highest BCUT2D eigenvalue weighted by Crippen LogP contribution is 2.28. The lowest BCUT2D eigenvalue weighted by Gasteiger charge is -2.17. The number of halogens is 1. The topological polar surface area (TPSA) is 54.5 Å². The fourth-order valence-electron chi connectivity index (χ4n) is 2.67. The molecule has 1 fully saturated rings. The smallest absolute Gasteiger partial charge is 0.257 e. The van der Waals surface area contributed by atoms with Gasteiger partial charge in [-0.3, -0.25) is 9.78 Å². The van der Waals surface area contributed by atoms with Gasteiger partial charge in [0, 0.05) is 24.3 Å². The zero-order chi connectivity index (χ0) is 16.2. The molecule has 0 radical (unpaired) electrons. The molecule has 0 saturated carbocycles. The van der Waals surface area contributed by atoms with E-state index in [2.05, 4.69) is 15.2 Å². The van der Waals surface area contributed by atoms with Crippen LogP contribution in [-0.2, 0) is 0 Å². The van der Waals surface area contributed by atoms with Crippen molar-refractivity contribution in [3.05, 3.63) is 47.2 Å². The van der Waals surface area contributed by atoms with Crippen LogP contribution in [0, 0.1) is 0 Å². The van der Waals surface area contributed by atoms with Gasteiger partial charge in [0.2, 0.25) is 0 Å². The van der Waals surface area contributed by atoms with Gasteiger partial charge in [0.25, 0.3) is 5.91 Å². The molecule has 0 unspecified atom stereocenters. The van der Waals surface area contributed by atoms with Gasteiger partial charge >= 0.3 is 0 Å². The molecule has 1 amide bonds. The van der Waals surface area contributed by atoms with Gasteiger partial charge in [0.05, 0.1) is 30.2 Å². The van der Waals surface area contributed by atoms with E-state index in [9.17, 15) is 4.79 Å². The Morgan fingerprint density at radius 1 is 1.26 bits per heavy atom. The first-order valence-corrected chi connectivity index (χ1v) is 7.90. The van der Waals surface area contributed by atoms with Crippen LogP contribution in [-0.4, -0.2) is 31.1 Å². The largest absolute Gasteiger partial charge is 0.495 e. The van der Waals surface area contributed by atoms with E-state index in [1.807, 2.05) is 6.07 Å². The number of pyridine rings is 1. The van der Waals surface area contributed by atoms with Crippen LogP contribution in [0.4, 0.5) is 11.4 Å². The number of hydrogen-bond donors (Lipinski definition) is 1. The summed E-state index contributed by atoms with van der Waals surface area (Å²) in [6.07, 6.45) is 5.71. The van der Waals surface area contributed by atoms with Crippen LogP contribution in [0.1, 0.15) is 23.2 Å². The Bertz CT molecular complexity index is 715. The van der Waals surface area contributed by atoms with Gasteiger partial charge in [-0.25, -0.2) is 0 Å². The second kappa shape index (κ2) is 6.87. The van der Waals surface area contributed by atoms with Gasteiger partial charge < -0.3 is 15.0 Å². The molecule has 3 rings (SSSR count). The summed E-state index contributed by atoms with van der Waals surface area (Å²) in [5.74, 6) is 0.325. The maximum Gasteiger partial charge on any atom is 0.257 e. The van der Waals surface area contributed by atoms with E-state index in [1.54, 1.807) is 37.7 Å². The Hall–Kier alpha value is -2.27. The van der Waals surface area contributed by atoms with Crippen molar-refractivity contribution < 1.29 is 9.53 Å². The van der Waals surface area contributed by atoms with Gasteiger partial charge in [0.1, 0.15) is 5.75 Å². The molecule has 120 valence electrons. The van der Waals surface area contributed by atoms with Gasteiger partial charge in [-0.15, -0.1) is 0 Å². The van der Waals surface area contributed by atoms with Crippen molar-refractivity contribution in [3.8, 4) is 5.75 Å². The maximum atomic E-state index is 12.5. The second-order valence-corrected chi connectivity index (χ2v) is 5.86. The average Bonchev–Trinajstić information content (AvgIpc) is 3.10. The van der Waals surface area contributed by atoms with Crippen molar-refractivity contribution in [2.45, 2.75) is 12.8 Å². The summed E-state index contributed by atoms with van der Waals surface area (Å²) < 4.78 is 5.24. The highest BCUT2D eigenvalue weighted by Gasteiger charge is 2.16. The third-order valence-electron chi connectivity index (χ3n) is 3.87. The lowest BCUT2D eigenvalue weighted by atomic mass is 10.2. The molecular formula is C17H18ClN3O2. The summed E-state index contributed by atoms with van der Waals surface area (Å²) in [6.45, 7) is 2.02. The number of amides is 1. The van der Waals surface area contributed by atoms with E-state index in [0.29, 0.717) is 22.0 Å². The predicted octanol–water partition coefficient (Wildman–Crippen LogP) is 3.60. The average molecular weight is 332 g/mol. The van der Waals surface area contributed by atoms with Crippen molar-refractivity contribution in [1.82, 2.24) is 4.98 Å². The van der Waals surface area contributed by atoms with Gasteiger partial charge in [-0.2, -0.15) is 0 Å².